The lowest BCUT2D eigenvalue weighted by Crippen LogP contribution is -2.10. The predicted octanol–water partition coefficient (Wildman–Crippen LogP) is 2.68. The average molecular weight is 209 g/mol. The molecule has 0 aromatic heterocycles. The maximum Gasteiger partial charge on any atom is 0.168 e. The van der Waals surface area contributed by atoms with Crippen LogP contribution in [0.4, 0.5) is 8.78 Å². The van der Waals surface area contributed by atoms with E-state index in [2.05, 4.69) is 0 Å². The van der Waals surface area contributed by atoms with Crippen molar-refractivity contribution in [2.24, 2.45) is 5.92 Å². The molecule has 0 fully saturated rings. The summed E-state index contributed by atoms with van der Waals surface area (Å²) < 4.78 is 26.4. The Balaban J connectivity index is 3.29. The van der Waals surface area contributed by atoms with Crippen LogP contribution in [0.5, 0.6) is 0 Å². The Kier molecular flexibility index (Phi) is 3.15. The van der Waals surface area contributed by atoms with E-state index in [-0.39, 0.29) is 5.56 Å². The molecule has 0 spiro atoms. The Bertz CT molecular complexity index is 447. The number of ketones is 1. The minimum absolute atomic E-state index is 0.304. The first kappa shape index (κ1) is 11.3. The van der Waals surface area contributed by atoms with Gasteiger partial charge < -0.3 is 0 Å². The molecule has 0 atom stereocenters. The molecule has 0 aliphatic carbocycles. The number of nitrogens with zero attached hydrogens (tertiary/aromatic N) is 1. The number of carbonyl (C=O) groups is 1. The Labute approximate surface area is 86.1 Å². The molecule has 0 amide bonds. The number of hydrogen-bond donors (Lipinski definition) is 0. The molecule has 1 rings (SSSR count). The molecule has 0 radical (unpaired) electrons. The minimum atomic E-state index is -0.872. The Hall–Kier alpha value is -1.76. The van der Waals surface area contributed by atoms with Crippen molar-refractivity contribution in [3.63, 3.8) is 0 Å². The number of carbonyl (C=O) groups excluding carboxylic acids is 1. The molecule has 0 saturated heterocycles. The van der Waals surface area contributed by atoms with Crippen LogP contribution in [-0.2, 0) is 0 Å². The van der Waals surface area contributed by atoms with E-state index < -0.39 is 28.9 Å². The molecule has 1 aromatic carbocycles. The van der Waals surface area contributed by atoms with Crippen LogP contribution < -0.4 is 0 Å². The fourth-order valence-corrected chi connectivity index (χ4v) is 1.13. The van der Waals surface area contributed by atoms with Gasteiger partial charge in [-0.25, -0.2) is 8.78 Å². The van der Waals surface area contributed by atoms with Gasteiger partial charge in [-0.05, 0) is 12.1 Å². The highest BCUT2D eigenvalue weighted by atomic mass is 19.1. The van der Waals surface area contributed by atoms with Gasteiger partial charge in [0.25, 0.3) is 0 Å². The van der Waals surface area contributed by atoms with Crippen LogP contribution in [0.2, 0.25) is 0 Å². The van der Waals surface area contributed by atoms with Gasteiger partial charge in [-0.1, -0.05) is 13.8 Å². The topological polar surface area (TPSA) is 40.9 Å². The van der Waals surface area contributed by atoms with Gasteiger partial charge in [-0.2, -0.15) is 5.26 Å². The standard InChI is InChI=1S/C11H9F2NO/c1-6(2)11(15)8-4-9(12)7(5-14)3-10(8)13/h3-4,6H,1-2H3. The Morgan fingerprint density at radius 1 is 1.33 bits per heavy atom. The van der Waals surface area contributed by atoms with Crippen molar-refractivity contribution < 1.29 is 13.6 Å². The van der Waals surface area contributed by atoms with Crippen LogP contribution in [-0.4, -0.2) is 5.78 Å². The molecule has 1 aromatic rings. The van der Waals surface area contributed by atoms with Crippen LogP contribution in [0.25, 0.3) is 0 Å². The van der Waals surface area contributed by atoms with Crippen LogP contribution in [0.3, 0.4) is 0 Å². The summed E-state index contributed by atoms with van der Waals surface area (Å²) in [6, 6.07) is 3.02. The summed E-state index contributed by atoms with van der Waals surface area (Å²) in [5.41, 5.74) is -0.700. The summed E-state index contributed by atoms with van der Waals surface area (Å²) in [6.45, 7) is 3.19. The van der Waals surface area contributed by atoms with Gasteiger partial charge in [0.2, 0.25) is 0 Å². The molecular formula is C11H9F2NO. The molecule has 0 N–H and O–H groups in total. The Morgan fingerprint density at radius 3 is 2.40 bits per heavy atom. The molecule has 0 aliphatic heterocycles. The van der Waals surface area contributed by atoms with E-state index in [0.717, 1.165) is 12.1 Å². The second kappa shape index (κ2) is 4.18. The van der Waals surface area contributed by atoms with E-state index in [1.165, 1.54) is 6.07 Å². The van der Waals surface area contributed by atoms with Gasteiger partial charge in [0, 0.05) is 5.92 Å². The molecule has 0 aliphatic rings. The van der Waals surface area contributed by atoms with Gasteiger partial charge in [0.15, 0.2) is 5.78 Å². The summed E-state index contributed by atoms with van der Waals surface area (Å²) in [6.07, 6.45) is 0. The number of hydrogen-bond acceptors (Lipinski definition) is 2. The predicted molar refractivity (Wildman–Crippen MR) is 50.2 cm³/mol. The van der Waals surface area contributed by atoms with Crippen molar-refractivity contribution >= 4 is 5.78 Å². The number of Topliss-reactive ketones (excluding diaryl/α,β-unsaturated/α-hetero) is 1. The van der Waals surface area contributed by atoms with E-state index in [0.29, 0.717) is 0 Å². The first-order valence-electron chi connectivity index (χ1n) is 4.40. The van der Waals surface area contributed by atoms with Crippen molar-refractivity contribution in [3.05, 3.63) is 34.9 Å². The largest absolute Gasteiger partial charge is 0.294 e. The van der Waals surface area contributed by atoms with E-state index >= 15 is 0 Å². The number of rotatable bonds is 2. The van der Waals surface area contributed by atoms with E-state index in [4.69, 9.17) is 5.26 Å². The molecule has 2 nitrogen and oxygen atoms in total. The SMILES string of the molecule is CC(C)C(=O)c1cc(F)c(C#N)cc1F. The van der Waals surface area contributed by atoms with Gasteiger partial charge >= 0.3 is 0 Å². The number of nitriles is 1. The zero-order valence-electron chi connectivity index (χ0n) is 8.34. The summed E-state index contributed by atoms with van der Waals surface area (Å²) in [5, 5.41) is 8.44. The first-order chi connectivity index (χ1) is 6.97. The van der Waals surface area contributed by atoms with Crippen molar-refractivity contribution in [2.45, 2.75) is 13.8 Å². The smallest absolute Gasteiger partial charge is 0.168 e. The normalized spacial score (nSPS) is 10.1. The van der Waals surface area contributed by atoms with Crippen molar-refractivity contribution in [1.29, 1.82) is 5.26 Å². The van der Waals surface area contributed by atoms with Crippen molar-refractivity contribution in [3.8, 4) is 6.07 Å². The molecule has 0 heterocycles. The first-order valence-corrected chi connectivity index (χ1v) is 4.40. The highest BCUT2D eigenvalue weighted by molar-refractivity contribution is 5.97. The summed E-state index contributed by atoms with van der Waals surface area (Å²) in [4.78, 5) is 11.4. The van der Waals surface area contributed by atoms with E-state index in [9.17, 15) is 13.6 Å². The Morgan fingerprint density at radius 2 is 1.93 bits per heavy atom. The maximum absolute atomic E-state index is 13.3. The minimum Gasteiger partial charge on any atom is -0.294 e. The van der Waals surface area contributed by atoms with Crippen LogP contribution >= 0.6 is 0 Å². The zero-order chi connectivity index (χ0) is 11.6. The third-order valence-electron chi connectivity index (χ3n) is 1.97. The van der Waals surface area contributed by atoms with E-state index in [1.54, 1.807) is 13.8 Å². The van der Waals surface area contributed by atoms with Crippen molar-refractivity contribution in [2.75, 3.05) is 0 Å². The fourth-order valence-electron chi connectivity index (χ4n) is 1.13. The summed E-state index contributed by atoms with van der Waals surface area (Å²) in [7, 11) is 0. The highest BCUT2D eigenvalue weighted by Gasteiger charge is 2.18. The molecule has 78 valence electrons. The maximum atomic E-state index is 13.3. The second-order valence-corrected chi connectivity index (χ2v) is 3.44. The van der Waals surface area contributed by atoms with Gasteiger partial charge in [0.1, 0.15) is 17.7 Å². The zero-order valence-corrected chi connectivity index (χ0v) is 8.34. The van der Waals surface area contributed by atoms with Gasteiger partial charge in [-0.15, -0.1) is 0 Å². The van der Waals surface area contributed by atoms with Crippen LogP contribution in [0.15, 0.2) is 12.1 Å². The third-order valence-corrected chi connectivity index (χ3v) is 1.97. The third kappa shape index (κ3) is 2.18. The molecule has 15 heavy (non-hydrogen) atoms. The molecule has 0 bridgehead atoms. The quantitative estimate of drug-likeness (QED) is 0.702. The molecule has 0 saturated carbocycles. The second-order valence-electron chi connectivity index (χ2n) is 3.44. The molecule has 0 unspecified atom stereocenters. The molecule has 4 heteroatoms. The number of halogens is 2. The lowest BCUT2D eigenvalue weighted by atomic mass is 9.99. The van der Waals surface area contributed by atoms with E-state index in [1.807, 2.05) is 0 Å². The summed E-state index contributed by atoms with van der Waals surface area (Å²) in [5.74, 6) is -2.61. The van der Waals surface area contributed by atoms with Gasteiger partial charge in [0.05, 0.1) is 11.1 Å². The van der Waals surface area contributed by atoms with Crippen LogP contribution in [0.1, 0.15) is 29.8 Å². The lowest BCUT2D eigenvalue weighted by Gasteiger charge is -2.06. The lowest BCUT2D eigenvalue weighted by molar-refractivity contribution is 0.0935. The summed E-state index contributed by atoms with van der Waals surface area (Å²) >= 11 is 0. The fraction of sp³-hybridized carbons (Fsp3) is 0.273. The monoisotopic (exact) mass is 209 g/mol. The average Bonchev–Trinajstić information content (AvgIpc) is 2.19. The van der Waals surface area contributed by atoms with Crippen molar-refractivity contribution in [1.82, 2.24) is 0 Å². The van der Waals surface area contributed by atoms with Gasteiger partial charge in [-0.3, -0.25) is 4.79 Å². The van der Waals surface area contributed by atoms with Crippen LogP contribution in [0, 0.1) is 28.9 Å². The highest BCUT2D eigenvalue weighted by Crippen LogP contribution is 2.17. The number of benzene rings is 1. The molecular weight excluding hydrogens is 200 g/mol.